The second-order valence-corrected chi connectivity index (χ2v) is 3.95. The summed E-state index contributed by atoms with van der Waals surface area (Å²) in [6, 6.07) is -0.493. The molecule has 1 fully saturated rings. The summed E-state index contributed by atoms with van der Waals surface area (Å²) in [6.45, 7) is 0.0562. The molecule has 94 valence electrons. The van der Waals surface area contributed by atoms with Gasteiger partial charge in [0, 0.05) is 19.6 Å². The minimum absolute atomic E-state index is 0.196. The Kier molecular flexibility index (Phi) is 4.40. The van der Waals surface area contributed by atoms with E-state index in [0.29, 0.717) is 6.54 Å². The predicted octanol–water partition coefficient (Wildman–Crippen LogP) is 0.942. The first-order valence-electron chi connectivity index (χ1n) is 5.17. The van der Waals surface area contributed by atoms with E-state index in [9.17, 15) is 18.0 Å². The van der Waals surface area contributed by atoms with Gasteiger partial charge in [0.05, 0.1) is 0 Å². The number of likely N-dealkylation sites (N-methyl/N-ethyl adjacent to an activating group) is 1. The maximum Gasteiger partial charge on any atom is 0.405 e. The minimum Gasteiger partial charge on any atom is -0.329 e. The van der Waals surface area contributed by atoms with Crippen LogP contribution in [0.1, 0.15) is 12.8 Å². The third kappa shape index (κ3) is 4.69. The van der Waals surface area contributed by atoms with Crippen LogP contribution >= 0.6 is 0 Å². The normalized spacial score (nSPS) is 20.9. The van der Waals surface area contributed by atoms with Crippen molar-refractivity contribution in [2.75, 3.05) is 26.7 Å². The molecule has 1 unspecified atom stereocenters. The first kappa shape index (κ1) is 13.1. The largest absolute Gasteiger partial charge is 0.405 e. The average Bonchev–Trinajstić information content (AvgIpc) is 2.65. The molecule has 1 saturated heterocycles. The molecule has 1 rings (SSSR count). The Morgan fingerprint density at radius 2 is 2.25 bits per heavy atom. The number of alkyl halides is 3. The Morgan fingerprint density at radius 3 is 2.75 bits per heavy atom. The third-order valence-electron chi connectivity index (χ3n) is 2.44. The first-order valence-corrected chi connectivity index (χ1v) is 5.17. The van der Waals surface area contributed by atoms with Crippen LogP contribution in [0, 0.1) is 0 Å². The lowest BCUT2D eigenvalue weighted by molar-refractivity contribution is -0.123. The van der Waals surface area contributed by atoms with Crippen molar-refractivity contribution in [1.82, 2.24) is 15.5 Å². The second kappa shape index (κ2) is 5.38. The van der Waals surface area contributed by atoms with Gasteiger partial charge in [0.1, 0.15) is 6.54 Å². The van der Waals surface area contributed by atoms with Crippen LogP contribution in [0.15, 0.2) is 0 Å². The van der Waals surface area contributed by atoms with Crippen molar-refractivity contribution in [1.29, 1.82) is 0 Å². The molecule has 0 bridgehead atoms. The van der Waals surface area contributed by atoms with Gasteiger partial charge in [-0.05, 0) is 19.4 Å². The number of nitrogens with zero attached hydrogens (tertiary/aromatic N) is 1. The number of rotatable bonds is 3. The molecule has 1 aliphatic rings. The van der Waals surface area contributed by atoms with Gasteiger partial charge in [-0.25, -0.2) is 4.79 Å². The third-order valence-corrected chi connectivity index (χ3v) is 2.44. The van der Waals surface area contributed by atoms with Crippen molar-refractivity contribution in [3.63, 3.8) is 0 Å². The summed E-state index contributed by atoms with van der Waals surface area (Å²) in [4.78, 5) is 12.5. The maximum atomic E-state index is 11.8. The van der Waals surface area contributed by atoms with Gasteiger partial charge in [-0.1, -0.05) is 0 Å². The monoisotopic (exact) mass is 239 g/mol. The fraction of sp³-hybridized carbons (Fsp3) is 0.889. The number of carbonyl (C=O) groups excluding carboxylic acids is 1. The standard InChI is InChI=1S/C9H16F3N3O/c1-15(5-7-3-2-4-13-7)8(16)14-6-9(10,11)12/h7,13H,2-6H2,1H3,(H,14,16). The SMILES string of the molecule is CN(CC1CCCN1)C(=O)NCC(F)(F)F. The summed E-state index contributed by atoms with van der Waals surface area (Å²) in [5, 5.41) is 5.00. The molecule has 7 heteroatoms. The summed E-state index contributed by atoms with van der Waals surface area (Å²) >= 11 is 0. The summed E-state index contributed by atoms with van der Waals surface area (Å²) in [7, 11) is 1.49. The van der Waals surface area contributed by atoms with Gasteiger partial charge >= 0.3 is 12.2 Å². The second-order valence-electron chi connectivity index (χ2n) is 3.95. The maximum absolute atomic E-state index is 11.8. The number of carbonyl (C=O) groups is 1. The Balaban J connectivity index is 2.24. The molecular formula is C9H16F3N3O. The molecule has 0 radical (unpaired) electrons. The van der Waals surface area contributed by atoms with Crippen molar-refractivity contribution in [2.24, 2.45) is 0 Å². The van der Waals surface area contributed by atoms with E-state index in [4.69, 9.17) is 0 Å². The van der Waals surface area contributed by atoms with Crippen LogP contribution in [0.2, 0.25) is 0 Å². The van der Waals surface area contributed by atoms with E-state index in [0.717, 1.165) is 19.4 Å². The Morgan fingerprint density at radius 1 is 1.56 bits per heavy atom. The Bertz CT molecular complexity index is 239. The molecule has 1 heterocycles. The summed E-state index contributed by atoms with van der Waals surface area (Å²) in [6.07, 6.45) is -2.36. The van der Waals surface area contributed by atoms with Crippen molar-refractivity contribution in [3.05, 3.63) is 0 Å². The predicted molar refractivity (Wildman–Crippen MR) is 53.1 cm³/mol. The molecular weight excluding hydrogens is 223 g/mol. The molecule has 1 aliphatic heterocycles. The van der Waals surface area contributed by atoms with Crippen molar-refractivity contribution in [3.8, 4) is 0 Å². The number of hydrogen-bond acceptors (Lipinski definition) is 2. The molecule has 2 amide bonds. The van der Waals surface area contributed by atoms with E-state index in [2.05, 4.69) is 5.32 Å². The highest BCUT2D eigenvalue weighted by molar-refractivity contribution is 5.73. The highest BCUT2D eigenvalue weighted by Crippen LogP contribution is 2.12. The molecule has 0 aromatic carbocycles. The fourth-order valence-corrected chi connectivity index (χ4v) is 1.64. The Hall–Kier alpha value is -0.980. The van der Waals surface area contributed by atoms with Gasteiger partial charge < -0.3 is 15.5 Å². The minimum atomic E-state index is -4.36. The molecule has 0 spiro atoms. The van der Waals surface area contributed by atoms with Crippen LogP contribution in [-0.4, -0.2) is 49.8 Å². The van der Waals surface area contributed by atoms with E-state index >= 15 is 0 Å². The molecule has 0 saturated carbocycles. The number of urea groups is 1. The van der Waals surface area contributed by atoms with Gasteiger partial charge in [0.25, 0.3) is 0 Å². The topological polar surface area (TPSA) is 44.4 Å². The van der Waals surface area contributed by atoms with Crippen LogP contribution in [0.3, 0.4) is 0 Å². The highest BCUT2D eigenvalue weighted by atomic mass is 19.4. The number of nitrogens with one attached hydrogen (secondary N) is 2. The van der Waals surface area contributed by atoms with Crippen LogP contribution in [-0.2, 0) is 0 Å². The van der Waals surface area contributed by atoms with Gasteiger partial charge in [0.2, 0.25) is 0 Å². The molecule has 0 aromatic heterocycles. The summed E-state index contributed by atoms with van der Waals surface area (Å²) < 4.78 is 35.5. The lowest BCUT2D eigenvalue weighted by Crippen LogP contribution is -2.46. The summed E-state index contributed by atoms with van der Waals surface area (Å²) in [5.74, 6) is 0. The highest BCUT2D eigenvalue weighted by Gasteiger charge is 2.28. The van der Waals surface area contributed by atoms with Gasteiger partial charge in [-0.15, -0.1) is 0 Å². The quantitative estimate of drug-likeness (QED) is 0.770. The molecule has 16 heavy (non-hydrogen) atoms. The van der Waals surface area contributed by atoms with E-state index in [1.807, 2.05) is 5.32 Å². The van der Waals surface area contributed by atoms with Crippen molar-refractivity contribution in [2.45, 2.75) is 25.1 Å². The van der Waals surface area contributed by atoms with E-state index in [1.165, 1.54) is 11.9 Å². The molecule has 0 aromatic rings. The lowest BCUT2D eigenvalue weighted by Gasteiger charge is -2.22. The number of amides is 2. The average molecular weight is 239 g/mol. The van der Waals surface area contributed by atoms with Crippen molar-refractivity contribution < 1.29 is 18.0 Å². The van der Waals surface area contributed by atoms with E-state index < -0.39 is 18.8 Å². The van der Waals surface area contributed by atoms with Gasteiger partial charge in [-0.2, -0.15) is 13.2 Å². The van der Waals surface area contributed by atoms with Crippen LogP contribution < -0.4 is 10.6 Å². The zero-order valence-electron chi connectivity index (χ0n) is 9.10. The first-order chi connectivity index (χ1) is 7.38. The number of halogens is 3. The van der Waals surface area contributed by atoms with Crippen LogP contribution in [0.4, 0.5) is 18.0 Å². The van der Waals surface area contributed by atoms with Gasteiger partial charge in [0.15, 0.2) is 0 Å². The number of hydrogen-bond donors (Lipinski definition) is 2. The Labute approximate surface area is 92.2 Å². The zero-order valence-corrected chi connectivity index (χ0v) is 9.10. The van der Waals surface area contributed by atoms with E-state index in [1.54, 1.807) is 0 Å². The van der Waals surface area contributed by atoms with Crippen molar-refractivity contribution >= 4 is 6.03 Å². The smallest absolute Gasteiger partial charge is 0.329 e. The molecule has 0 aliphatic carbocycles. The summed E-state index contributed by atoms with van der Waals surface area (Å²) in [5.41, 5.74) is 0. The zero-order chi connectivity index (χ0) is 12.2. The van der Waals surface area contributed by atoms with Gasteiger partial charge in [-0.3, -0.25) is 0 Å². The lowest BCUT2D eigenvalue weighted by atomic mass is 10.2. The van der Waals surface area contributed by atoms with E-state index in [-0.39, 0.29) is 6.04 Å². The van der Waals surface area contributed by atoms with Crippen LogP contribution in [0.25, 0.3) is 0 Å². The fourth-order valence-electron chi connectivity index (χ4n) is 1.64. The molecule has 4 nitrogen and oxygen atoms in total. The molecule has 1 atom stereocenters. The van der Waals surface area contributed by atoms with Crippen LogP contribution in [0.5, 0.6) is 0 Å². The molecule has 2 N–H and O–H groups in total.